The molecular weight excluding hydrogens is 208 g/mol. The van der Waals surface area contributed by atoms with Crippen LogP contribution in [-0.4, -0.2) is 16.8 Å². The minimum atomic E-state index is -0.640. The Morgan fingerprint density at radius 1 is 1.56 bits per heavy atom. The predicted molar refractivity (Wildman–Crippen MR) is 56.6 cm³/mol. The summed E-state index contributed by atoms with van der Waals surface area (Å²) in [5.74, 6) is 1.31. The van der Waals surface area contributed by atoms with E-state index in [1.54, 1.807) is 18.4 Å². The molecule has 86 valence electrons. The van der Waals surface area contributed by atoms with Crippen LogP contribution in [0.3, 0.4) is 0 Å². The molecule has 0 aromatic carbocycles. The van der Waals surface area contributed by atoms with Crippen molar-refractivity contribution in [3.05, 3.63) is 41.7 Å². The number of furan rings is 1. The Kier molecular flexibility index (Phi) is 3.38. The SMILES string of the molecule is Cc1cc(CNCC(O)c2ccco2)on1. The summed E-state index contributed by atoms with van der Waals surface area (Å²) >= 11 is 0. The lowest BCUT2D eigenvalue weighted by atomic mass is 10.2. The zero-order valence-corrected chi connectivity index (χ0v) is 9.01. The molecule has 0 aliphatic rings. The number of hydrogen-bond donors (Lipinski definition) is 2. The van der Waals surface area contributed by atoms with E-state index in [1.807, 2.05) is 13.0 Å². The van der Waals surface area contributed by atoms with Crippen LogP contribution >= 0.6 is 0 Å². The van der Waals surface area contributed by atoms with Gasteiger partial charge in [-0.1, -0.05) is 5.16 Å². The molecule has 0 aliphatic carbocycles. The van der Waals surface area contributed by atoms with Gasteiger partial charge >= 0.3 is 0 Å². The maximum atomic E-state index is 9.69. The van der Waals surface area contributed by atoms with Crippen LogP contribution in [0.1, 0.15) is 23.3 Å². The fourth-order valence-electron chi connectivity index (χ4n) is 1.41. The highest BCUT2D eigenvalue weighted by Gasteiger charge is 2.09. The molecule has 0 fully saturated rings. The van der Waals surface area contributed by atoms with Crippen molar-refractivity contribution in [1.82, 2.24) is 10.5 Å². The highest BCUT2D eigenvalue weighted by molar-refractivity contribution is 5.04. The van der Waals surface area contributed by atoms with Gasteiger partial charge in [-0.15, -0.1) is 0 Å². The van der Waals surface area contributed by atoms with Gasteiger partial charge < -0.3 is 19.4 Å². The number of aryl methyl sites for hydroxylation is 1. The largest absolute Gasteiger partial charge is 0.467 e. The molecule has 5 nitrogen and oxygen atoms in total. The summed E-state index contributed by atoms with van der Waals surface area (Å²) in [4.78, 5) is 0. The summed E-state index contributed by atoms with van der Waals surface area (Å²) < 4.78 is 10.1. The first kappa shape index (κ1) is 10.9. The van der Waals surface area contributed by atoms with Gasteiger partial charge in [-0.3, -0.25) is 0 Å². The first-order chi connectivity index (χ1) is 7.75. The number of aliphatic hydroxyl groups is 1. The summed E-state index contributed by atoms with van der Waals surface area (Å²) in [6, 6.07) is 5.34. The topological polar surface area (TPSA) is 71.4 Å². The minimum Gasteiger partial charge on any atom is -0.467 e. The normalized spacial score (nSPS) is 12.9. The first-order valence-electron chi connectivity index (χ1n) is 5.10. The van der Waals surface area contributed by atoms with E-state index in [2.05, 4.69) is 10.5 Å². The highest BCUT2D eigenvalue weighted by atomic mass is 16.5. The van der Waals surface area contributed by atoms with Gasteiger partial charge in [-0.2, -0.15) is 0 Å². The number of hydrogen-bond acceptors (Lipinski definition) is 5. The first-order valence-corrected chi connectivity index (χ1v) is 5.10. The van der Waals surface area contributed by atoms with Crippen LogP contribution < -0.4 is 5.32 Å². The van der Waals surface area contributed by atoms with Crippen molar-refractivity contribution in [3.63, 3.8) is 0 Å². The van der Waals surface area contributed by atoms with Gasteiger partial charge in [0.1, 0.15) is 11.9 Å². The average molecular weight is 222 g/mol. The van der Waals surface area contributed by atoms with E-state index in [0.29, 0.717) is 18.8 Å². The van der Waals surface area contributed by atoms with Crippen molar-refractivity contribution in [2.45, 2.75) is 19.6 Å². The van der Waals surface area contributed by atoms with E-state index in [4.69, 9.17) is 8.94 Å². The van der Waals surface area contributed by atoms with E-state index in [-0.39, 0.29) is 0 Å². The zero-order chi connectivity index (χ0) is 11.4. The summed E-state index contributed by atoms with van der Waals surface area (Å²) in [6.07, 6.45) is 0.900. The minimum absolute atomic E-state index is 0.410. The van der Waals surface area contributed by atoms with Crippen LogP contribution in [0.15, 0.2) is 33.4 Å². The molecule has 2 N–H and O–H groups in total. The molecule has 0 saturated carbocycles. The van der Waals surface area contributed by atoms with Crippen LogP contribution in [-0.2, 0) is 6.54 Å². The monoisotopic (exact) mass is 222 g/mol. The Labute approximate surface area is 93.1 Å². The molecule has 5 heteroatoms. The molecule has 0 aliphatic heterocycles. The third kappa shape index (κ3) is 2.71. The highest BCUT2D eigenvalue weighted by Crippen LogP contribution is 2.11. The van der Waals surface area contributed by atoms with Crippen LogP contribution in [0.5, 0.6) is 0 Å². The Balaban J connectivity index is 1.76. The molecule has 2 heterocycles. The standard InChI is InChI=1S/C11H14N2O3/c1-8-5-9(16-13-8)6-12-7-10(14)11-3-2-4-15-11/h2-5,10,12,14H,6-7H2,1H3. The molecule has 2 aromatic rings. The Morgan fingerprint density at radius 2 is 2.44 bits per heavy atom. The summed E-state index contributed by atoms with van der Waals surface area (Å²) in [5, 5.41) is 16.5. The van der Waals surface area contributed by atoms with E-state index in [9.17, 15) is 5.11 Å². The van der Waals surface area contributed by atoms with E-state index in [0.717, 1.165) is 11.5 Å². The third-order valence-corrected chi connectivity index (χ3v) is 2.19. The van der Waals surface area contributed by atoms with E-state index in [1.165, 1.54) is 0 Å². The van der Waals surface area contributed by atoms with Gasteiger partial charge in [0.05, 0.1) is 18.5 Å². The van der Waals surface area contributed by atoms with E-state index >= 15 is 0 Å². The van der Waals surface area contributed by atoms with Gasteiger partial charge in [0.2, 0.25) is 0 Å². The molecule has 0 amide bonds. The smallest absolute Gasteiger partial charge is 0.150 e. The van der Waals surface area contributed by atoms with Crippen LogP contribution in [0.4, 0.5) is 0 Å². The summed E-state index contributed by atoms with van der Waals surface area (Å²) in [7, 11) is 0. The van der Waals surface area contributed by atoms with Gasteiger partial charge in [-0.25, -0.2) is 0 Å². The molecular formula is C11H14N2O3. The summed E-state index contributed by atoms with van der Waals surface area (Å²) in [5.41, 5.74) is 0.850. The molecule has 0 spiro atoms. The van der Waals surface area contributed by atoms with Crippen molar-refractivity contribution >= 4 is 0 Å². The lowest BCUT2D eigenvalue weighted by molar-refractivity contribution is 0.146. The van der Waals surface area contributed by atoms with Crippen LogP contribution in [0.2, 0.25) is 0 Å². The number of aromatic nitrogens is 1. The van der Waals surface area contributed by atoms with Crippen molar-refractivity contribution in [1.29, 1.82) is 0 Å². The van der Waals surface area contributed by atoms with Gasteiger partial charge in [0.25, 0.3) is 0 Å². The maximum absolute atomic E-state index is 9.69. The van der Waals surface area contributed by atoms with Gasteiger partial charge in [0, 0.05) is 12.6 Å². The second kappa shape index (κ2) is 4.96. The quantitative estimate of drug-likeness (QED) is 0.800. The molecule has 0 saturated heterocycles. The fourth-order valence-corrected chi connectivity index (χ4v) is 1.41. The van der Waals surface area contributed by atoms with Crippen LogP contribution in [0.25, 0.3) is 0 Å². The Bertz CT molecular complexity index is 422. The molecule has 16 heavy (non-hydrogen) atoms. The van der Waals surface area contributed by atoms with Crippen molar-refractivity contribution in [3.8, 4) is 0 Å². The number of aliphatic hydroxyl groups excluding tert-OH is 1. The van der Waals surface area contributed by atoms with Crippen molar-refractivity contribution < 1.29 is 14.0 Å². The molecule has 1 unspecified atom stereocenters. The molecule has 1 atom stereocenters. The lowest BCUT2D eigenvalue weighted by Crippen LogP contribution is -2.20. The second-order valence-electron chi connectivity index (χ2n) is 3.60. The number of nitrogens with zero attached hydrogens (tertiary/aromatic N) is 1. The third-order valence-electron chi connectivity index (χ3n) is 2.19. The molecule has 2 rings (SSSR count). The fraction of sp³-hybridized carbons (Fsp3) is 0.364. The zero-order valence-electron chi connectivity index (χ0n) is 9.01. The summed E-state index contributed by atoms with van der Waals surface area (Å²) in [6.45, 7) is 2.82. The second-order valence-corrected chi connectivity index (χ2v) is 3.60. The number of nitrogens with one attached hydrogen (secondary N) is 1. The Morgan fingerprint density at radius 3 is 3.06 bits per heavy atom. The average Bonchev–Trinajstić information content (AvgIpc) is 2.89. The van der Waals surface area contributed by atoms with Crippen LogP contribution in [0, 0.1) is 6.92 Å². The Hall–Kier alpha value is -1.59. The van der Waals surface area contributed by atoms with E-state index < -0.39 is 6.10 Å². The molecule has 0 bridgehead atoms. The van der Waals surface area contributed by atoms with Gasteiger partial charge in [-0.05, 0) is 19.1 Å². The van der Waals surface area contributed by atoms with Crippen molar-refractivity contribution in [2.24, 2.45) is 0 Å². The maximum Gasteiger partial charge on any atom is 0.150 e. The van der Waals surface area contributed by atoms with Gasteiger partial charge in [0.15, 0.2) is 5.76 Å². The molecule has 0 radical (unpaired) electrons. The predicted octanol–water partition coefficient (Wildman–Crippen LogP) is 1.40. The lowest BCUT2D eigenvalue weighted by Gasteiger charge is -2.07. The molecule has 2 aromatic heterocycles. The van der Waals surface area contributed by atoms with Crippen molar-refractivity contribution in [2.75, 3.05) is 6.54 Å². The number of rotatable bonds is 5.